The number of hydrogen-bond acceptors (Lipinski definition) is 17. The molecule has 63 heavy (non-hydrogen) atoms. The zero-order chi connectivity index (χ0) is 46.3. The number of phenolic OH excluding ortho intramolecular Hbond substituents is 7. The van der Waals surface area contributed by atoms with Crippen LogP contribution in [0.1, 0.15) is 34.5 Å². The largest absolute Gasteiger partial charge is 0.508 e. The fraction of sp³-hybridized carbons (Fsp3) is 0.250. The van der Waals surface area contributed by atoms with Gasteiger partial charge in [0, 0.05) is 52.6 Å². The number of hydrogen-bond donors (Lipinski definition) is 11. The zero-order valence-corrected chi connectivity index (χ0v) is 34.7. The van der Waals surface area contributed by atoms with E-state index < -0.39 is 65.3 Å². The van der Waals surface area contributed by atoms with E-state index in [0.29, 0.717) is 11.5 Å². The van der Waals surface area contributed by atoms with Crippen molar-refractivity contribution in [1.82, 2.24) is 4.90 Å². The Balaban J connectivity index is 0.000000206. The van der Waals surface area contributed by atoms with E-state index in [2.05, 4.69) is 79.3 Å². The number of carboxylic acid groups (broad SMARTS) is 2. The van der Waals surface area contributed by atoms with Crippen LogP contribution in [0.5, 0.6) is 46.0 Å². The number of rotatable bonds is 10. The molecule has 0 aromatic heterocycles. The molecule has 2 aliphatic rings. The summed E-state index contributed by atoms with van der Waals surface area (Å²) in [5, 5.41) is 101. The minimum Gasteiger partial charge on any atom is -0.508 e. The number of esters is 1. The maximum atomic E-state index is 12.7. The van der Waals surface area contributed by atoms with Gasteiger partial charge in [-0.25, -0.2) is 14.4 Å². The van der Waals surface area contributed by atoms with Crippen LogP contribution in [0.2, 0.25) is 0 Å². The summed E-state index contributed by atoms with van der Waals surface area (Å²) in [5.41, 5.74) is 3.00. The second kappa shape index (κ2) is 20.2. The number of ether oxygens (including phenoxy) is 2. The first kappa shape index (κ1) is 47.0. The van der Waals surface area contributed by atoms with Crippen molar-refractivity contribution in [3.05, 3.63) is 108 Å². The van der Waals surface area contributed by atoms with Gasteiger partial charge in [0.1, 0.15) is 23.4 Å². The molecule has 0 fully saturated rings. The molecule has 0 amide bonds. The first-order chi connectivity index (χ1) is 29.7. The average molecular weight is 891 g/mol. The third-order valence-electron chi connectivity index (χ3n) is 9.57. The van der Waals surface area contributed by atoms with Crippen LogP contribution in [0, 0.1) is 5.92 Å². The lowest BCUT2D eigenvalue weighted by Gasteiger charge is -2.35. The molecule has 0 spiro atoms. The van der Waals surface area contributed by atoms with Crippen molar-refractivity contribution in [3.63, 3.8) is 0 Å². The summed E-state index contributed by atoms with van der Waals surface area (Å²) >= 11 is 1.88. The van der Waals surface area contributed by atoms with Gasteiger partial charge < -0.3 is 75.4 Å². The van der Waals surface area contributed by atoms with Crippen molar-refractivity contribution in [2.75, 3.05) is 32.1 Å². The summed E-state index contributed by atoms with van der Waals surface area (Å²) in [7, 11) is 4.29. The van der Waals surface area contributed by atoms with E-state index in [-0.39, 0.29) is 40.5 Å². The van der Waals surface area contributed by atoms with Crippen LogP contribution in [0.3, 0.4) is 0 Å². The number of nitrogens with zero attached hydrogens (tertiary/aromatic N) is 2. The zero-order valence-electron chi connectivity index (χ0n) is 33.9. The number of aliphatic hydroxyl groups excluding tert-OH is 2. The van der Waals surface area contributed by atoms with E-state index in [0.717, 1.165) is 31.3 Å². The minimum atomic E-state index is -2.27. The lowest BCUT2D eigenvalue weighted by Crippen LogP contribution is -2.39. The molecule has 5 atom stereocenters. The number of anilines is 2. The number of fused-ring (bicyclic) bond motifs is 3. The number of phenols is 7. The van der Waals surface area contributed by atoms with Gasteiger partial charge in [0.2, 0.25) is 0 Å². The third-order valence-corrected chi connectivity index (χ3v) is 10.7. The van der Waals surface area contributed by atoms with E-state index in [4.69, 9.17) is 29.9 Å². The first-order valence-corrected chi connectivity index (χ1v) is 19.9. The SMILES string of the molecule is CC(CN(C)C)CN1c2ccccc2Sc2ccccc21.O=C(O)C(O)C(O)C(=O)O.O=C(OC1Cc2c(O)cc(O)cc2OC1c1ccc(O)c(O)c1)c1cc(O)c(O)c(O)c1. The summed E-state index contributed by atoms with van der Waals surface area (Å²) in [6.07, 6.45) is -6.66. The molecule has 11 N–H and O–H groups in total. The van der Waals surface area contributed by atoms with Gasteiger partial charge in [-0.05, 0) is 68.5 Å². The van der Waals surface area contributed by atoms with Crippen LogP contribution in [0.15, 0.2) is 101 Å². The van der Waals surface area contributed by atoms with E-state index in [1.807, 2.05) is 11.8 Å². The number of para-hydroxylation sites is 2. The molecule has 5 aromatic carbocycles. The Morgan fingerprint density at radius 3 is 1.83 bits per heavy atom. The number of aliphatic carboxylic acids is 2. The van der Waals surface area contributed by atoms with Crippen molar-refractivity contribution in [2.45, 2.75) is 47.6 Å². The smallest absolute Gasteiger partial charge is 0.338 e. The van der Waals surface area contributed by atoms with Crippen LogP contribution in [0.4, 0.5) is 11.4 Å². The molecule has 0 radical (unpaired) electrons. The highest BCUT2D eigenvalue weighted by molar-refractivity contribution is 7.99. The molecule has 5 unspecified atom stereocenters. The van der Waals surface area contributed by atoms with Gasteiger partial charge in [0.25, 0.3) is 0 Å². The lowest BCUT2D eigenvalue weighted by molar-refractivity contribution is -0.165. The molecular formula is C44H46N2O16S. The van der Waals surface area contributed by atoms with Crippen LogP contribution in [0.25, 0.3) is 0 Å². The Morgan fingerprint density at radius 1 is 0.746 bits per heavy atom. The number of carbonyl (C=O) groups excluding carboxylic acids is 1. The highest BCUT2D eigenvalue weighted by Crippen LogP contribution is 2.48. The van der Waals surface area contributed by atoms with E-state index in [1.54, 1.807) is 0 Å². The molecule has 2 aliphatic heterocycles. The van der Waals surface area contributed by atoms with Crippen LogP contribution >= 0.6 is 11.8 Å². The number of benzene rings is 5. The van der Waals surface area contributed by atoms with Gasteiger partial charge in [-0.2, -0.15) is 0 Å². The molecule has 0 saturated carbocycles. The van der Waals surface area contributed by atoms with E-state index in [9.17, 15) is 50.1 Å². The average Bonchev–Trinajstić information content (AvgIpc) is 3.23. The first-order valence-electron chi connectivity index (χ1n) is 19.0. The normalized spacial score (nSPS) is 16.2. The molecular weight excluding hydrogens is 845 g/mol. The third kappa shape index (κ3) is 11.5. The van der Waals surface area contributed by atoms with Gasteiger partial charge >= 0.3 is 17.9 Å². The van der Waals surface area contributed by atoms with Gasteiger partial charge in [0.05, 0.1) is 16.9 Å². The van der Waals surface area contributed by atoms with Gasteiger partial charge in [-0.3, -0.25) is 0 Å². The number of carbonyl (C=O) groups is 3. The molecule has 0 aliphatic carbocycles. The maximum Gasteiger partial charge on any atom is 0.338 e. The second-order valence-electron chi connectivity index (χ2n) is 14.8. The van der Waals surface area contributed by atoms with Gasteiger partial charge in [-0.15, -0.1) is 0 Å². The minimum absolute atomic E-state index is 0.0461. The van der Waals surface area contributed by atoms with Crippen molar-refractivity contribution in [2.24, 2.45) is 5.92 Å². The fourth-order valence-electron chi connectivity index (χ4n) is 6.72. The highest BCUT2D eigenvalue weighted by atomic mass is 32.2. The van der Waals surface area contributed by atoms with Gasteiger partial charge in [0.15, 0.2) is 47.1 Å². The Labute approximate surface area is 364 Å². The topological polar surface area (TPSA) is 299 Å². The Hall–Kier alpha value is -7.06. The van der Waals surface area contributed by atoms with Crippen molar-refractivity contribution < 1.29 is 80.0 Å². The summed E-state index contributed by atoms with van der Waals surface area (Å²) < 4.78 is 11.4. The number of aromatic hydroxyl groups is 7. The molecule has 19 heteroatoms. The van der Waals surface area contributed by atoms with E-state index in [1.165, 1.54) is 45.4 Å². The summed E-state index contributed by atoms with van der Waals surface area (Å²) in [6.45, 7) is 4.48. The maximum absolute atomic E-state index is 12.7. The molecule has 18 nitrogen and oxygen atoms in total. The number of aliphatic hydroxyl groups is 2. The molecule has 2 heterocycles. The predicted octanol–water partition coefficient (Wildman–Crippen LogP) is 4.89. The van der Waals surface area contributed by atoms with Gasteiger partial charge in [-0.1, -0.05) is 49.0 Å². The van der Waals surface area contributed by atoms with Crippen LogP contribution < -0.4 is 9.64 Å². The Kier molecular flexibility index (Phi) is 15.1. The Bertz CT molecular complexity index is 2380. The number of carboxylic acids is 2. The molecule has 7 rings (SSSR count). The highest BCUT2D eigenvalue weighted by Gasteiger charge is 2.37. The lowest BCUT2D eigenvalue weighted by atomic mass is 9.93. The molecule has 0 bridgehead atoms. The Morgan fingerprint density at radius 2 is 1.30 bits per heavy atom. The van der Waals surface area contributed by atoms with Crippen molar-refractivity contribution in [3.8, 4) is 46.0 Å². The predicted molar refractivity (Wildman–Crippen MR) is 226 cm³/mol. The molecule has 5 aromatic rings. The summed E-state index contributed by atoms with van der Waals surface area (Å²) in [4.78, 5) is 39.7. The molecule has 334 valence electrons. The summed E-state index contributed by atoms with van der Waals surface area (Å²) in [6, 6.07) is 25.5. The standard InChI is InChI=1S/C22H18O10.C18H22N2S.C4H6O6/c23-11-6-14(25)12-8-19(32-22(30)10-4-16(27)20(29)17(28)5-10)21(31-18(12)7-11)9-1-2-13(24)15(26)3-9;1-14(12-19(2)3)13-20-15-8-4-6-10-17(15)21-18-11-7-5-9-16(18)20;5-1(3(7)8)2(6)4(9)10/h1-7,19,21,23-29H,8H2;4-11,14H,12-13H2,1-3H3;1-2,5-6H,(H,7,8)(H,9,10). The monoisotopic (exact) mass is 890 g/mol. The van der Waals surface area contributed by atoms with E-state index >= 15 is 0 Å². The second-order valence-corrected chi connectivity index (χ2v) is 15.9. The summed E-state index contributed by atoms with van der Waals surface area (Å²) in [5.74, 6) is -7.35. The van der Waals surface area contributed by atoms with Crippen LogP contribution in [-0.4, -0.2) is 124 Å². The quantitative estimate of drug-likeness (QED) is 0.0657. The van der Waals surface area contributed by atoms with Crippen molar-refractivity contribution >= 4 is 41.0 Å². The van der Waals surface area contributed by atoms with Crippen molar-refractivity contribution in [1.29, 1.82) is 0 Å². The van der Waals surface area contributed by atoms with Crippen LogP contribution in [-0.2, 0) is 20.7 Å². The molecule has 0 saturated heterocycles. The fourth-order valence-corrected chi connectivity index (χ4v) is 7.82.